The van der Waals surface area contributed by atoms with Crippen molar-refractivity contribution in [1.82, 2.24) is 0 Å². The summed E-state index contributed by atoms with van der Waals surface area (Å²) in [5.74, 6) is 0. The quantitative estimate of drug-likeness (QED) is 0.724. The molecular weight excluding hydrogens is 170 g/mol. The van der Waals surface area contributed by atoms with Crippen molar-refractivity contribution in [2.75, 3.05) is 0 Å². The van der Waals surface area contributed by atoms with Gasteiger partial charge < -0.3 is 5.73 Å². The summed E-state index contributed by atoms with van der Waals surface area (Å²) in [6, 6.07) is 10.5. The summed E-state index contributed by atoms with van der Waals surface area (Å²) in [6.45, 7) is 4.07. The van der Waals surface area contributed by atoms with E-state index in [1.54, 1.807) is 0 Å². The van der Waals surface area contributed by atoms with Crippen molar-refractivity contribution in [3.05, 3.63) is 48.0 Å². The summed E-state index contributed by atoms with van der Waals surface area (Å²) in [6.07, 6.45) is 6.11. The highest BCUT2D eigenvalue weighted by Crippen LogP contribution is 2.12. The Hall–Kier alpha value is -1.08. The van der Waals surface area contributed by atoms with Crippen molar-refractivity contribution in [2.24, 2.45) is 5.73 Å². The predicted octanol–water partition coefficient (Wildman–Crippen LogP) is 2.91. The highest BCUT2D eigenvalue weighted by atomic mass is 14.7. The van der Waals surface area contributed by atoms with Gasteiger partial charge in [-0.15, -0.1) is 0 Å². The first-order valence-electron chi connectivity index (χ1n) is 5.11. The monoisotopic (exact) mass is 189 g/mol. The van der Waals surface area contributed by atoms with Gasteiger partial charge in [-0.1, -0.05) is 42.5 Å². The Morgan fingerprint density at radius 1 is 1.29 bits per heavy atom. The van der Waals surface area contributed by atoms with Crippen molar-refractivity contribution in [1.29, 1.82) is 0 Å². The molecule has 0 aliphatic carbocycles. The molecule has 0 amide bonds. The van der Waals surface area contributed by atoms with E-state index in [2.05, 4.69) is 37.3 Å². The van der Waals surface area contributed by atoms with Crippen molar-refractivity contribution in [3.8, 4) is 0 Å². The van der Waals surface area contributed by atoms with Crippen LogP contribution < -0.4 is 5.73 Å². The van der Waals surface area contributed by atoms with Gasteiger partial charge >= 0.3 is 0 Å². The Kier molecular flexibility index (Phi) is 3.90. The number of hydrogen-bond donors (Lipinski definition) is 1. The first kappa shape index (κ1) is 11.0. The van der Waals surface area contributed by atoms with Crippen molar-refractivity contribution in [3.63, 3.8) is 0 Å². The zero-order chi connectivity index (χ0) is 10.4. The molecule has 0 saturated heterocycles. The van der Waals surface area contributed by atoms with Crippen molar-refractivity contribution < 1.29 is 0 Å². The van der Waals surface area contributed by atoms with Crippen LogP contribution in [0.1, 0.15) is 25.8 Å². The zero-order valence-electron chi connectivity index (χ0n) is 9.03. The fourth-order valence-corrected chi connectivity index (χ4v) is 1.52. The second-order valence-electron chi connectivity index (χ2n) is 3.99. The number of allylic oxidation sites excluding steroid dienone is 1. The lowest BCUT2D eigenvalue weighted by atomic mass is 9.94. The molecule has 0 bridgehead atoms. The van der Waals surface area contributed by atoms with Gasteiger partial charge in [0, 0.05) is 5.54 Å². The van der Waals surface area contributed by atoms with Gasteiger partial charge in [-0.05, 0) is 32.3 Å². The van der Waals surface area contributed by atoms with Crippen molar-refractivity contribution >= 4 is 0 Å². The summed E-state index contributed by atoms with van der Waals surface area (Å²) in [7, 11) is 0. The van der Waals surface area contributed by atoms with Crippen LogP contribution in [0.2, 0.25) is 0 Å². The predicted molar refractivity (Wildman–Crippen MR) is 62.2 cm³/mol. The molecule has 0 aromatic heterocycles. The number of rotatable bonds is 4. The van der Waals surface area contributed by atoms with E-state index in [1.165, 1.54) is 5.56 Å². The third-order valence-corrected chi connectivity index (χ3v) is 2.34. The molecule has 0 saturated carbocycles. The van der Waals surface area contributed by atoms with Crippen LogP contribution >= 0.6 is 0 Å². The molecule has 1 rings (SSSR count). The number of aryl methyl sites for hydroxylation is 1. The van der Waals surface area contributed by atoms with Crippen LogP contribution in [0.3, 0.4) is 0 Å². The fraction of sp³-hybridized carbons (Fsp3) is 0.385. The second-order valence-corrected chi connectivity index (χ2v) is 3.99. The summed E-state index contributed by atoms with van der Waals surface area (Å²) >= 11 is 0. The van der Waals surface area contributed by atoms with Gasteiger partial charge in [0.15, 0.2) is 0 Å². The summed E-state index contributed by atoms with van der Waals surface area (Å²) in [4.78, 5) is 0. The van der Waals surface area contributed by atoms with E-state index in [1.807, 2.05) is 19.1 Å². The first-order chi connectivity index (χ1) is 6.64. The van der Waals surface area contributed by atoms with Gasteiger partial charge in [-0.2, -0.15) is 0 Å². The molecule has 1 heteroatoms. The molecule has 1 atom stereocenters. The van der Waals surface area contributed by atoms with Gasteiger partial charge in [-0.3, -0.25) is 0 Å². The second kappa shape index (κ2) is 4.97. The van der Waals surface area contributed by atoms with Gasteiger partial charge in [0.05, 0.1) is 0 Å². The normalized spacial score (nSPS) is 15.6. The van der Waals surface area contributed by atoms with E-state index in [0.717, 1.165) is 12.8 Å². The maximum Gasteiger partial charge on any atom is 0.0313 e. The maximum absolute atomic E-state index is 6.09. The summed E-state index contributed by atoms with van der Waals surface area (Å²) < 4.78 is 0. The highest BCUT2D eigenvalue weighted by molar-refractivity contribution is 5.16. The first-order valence-corrected chi connectivity index (χ1v) is 5.11. The highest BCUT2D eigenvalue weighted by Gasteiger charge is 2.12. The zero-order valence-corrected chi connectivity index (χ0v) is 9.03. The van der Waals surface area contributed by atoms with Crippen molar-refractivity contribution in [2.45, 2.75) is 32.2 Å². The fourth-order valence-electron chi connectivity index (χ4n) is 1.52. The average molecular weight is 189 g/mol. The van der Waals surface area contributed by atoms with Crippen LogP contribution in [-0.2, 0) is 6.42 Å². The number of hydrogen-bond acceptors (Lipinski definition) is 1. The maximum atomic E-state index is 6.09. The molecule has 76 valence electrons. The molecule has 14 heavy (non-hydrogen) atoms. The van der Waals surface area contributed by atoms with Crippen LogP contribution in [0.15, 0.2) is 42.5 Å². The Morgan fingerprint density at radius 3 is 2.50 bits per heavy atom. The molecule has 2 N–H and O–H groups in total. The minimum Gasteiger partial charge on any atom is -0.322 e. The molecule has 1 aromatic carbocycles. The lowest BCUT2D eigenvalue weighted by molar-refractivity contribution is 0.533. The van der Waals surface area contributed by atoms with E-state index in [0.29, 0.717) is 0 Å². The molecule has 1 unspecified atom stereocenters. The number of nitrogens with two attached hydrogens (primary N) is 1. The smallest absolute Gasteiger partial charge is 0.0313 e. The lowest BCUT2D eigenvalue weighted by Crippen LogP contribution is -2.33. The van der Waals surface area contributed by atoms with E-state index in [9.17, 15) is 0 Å². The van der Waals surface area contributed by atoms with Crippen LogP contribution in [0.25, 0.3) is 0 Å². The van der Waals surface area contributed by atoms with Crippen LogP contribution in [0.5, 0.6) is 0 Å². The van der Waals surface area contributed by atoms with Gasteiger partial charge in [-0.25, -0.2) is 0 Å². The minimum atomic E-state index is -0.176. The largest absolute Gasteiger partial charge is 0.322 e. The van der Waals surface area contributed by atoms with E-state index in [-0.39, 0.29) is 5.54 Å². The van der Waals surface area contributed by atoms with Gasteiger partial charge in [0.25, 0.3) is 0 Å². The summed E-state index contributed by atoms with van der Waals surface area (Å²) in [5.41, 5.74) is 7.27. The van der Waals surface area contributed by atoms with Gasteiger partial charge in [0.1, 0.15) is 0 Å². The molecule has 0 radical (unpaired) electrons. The molecule has 0 aliphatic rings. The van der Waals surface area contributed by atoms with Crippen LogP contribution in [-0.4, -0.2) is 5.54 Å². The summed E-state index contributed by atoms with van der Waals surface area (Å²) in [5, 5.41) is 0. The Labute approximate surface area is 86.6 Å². The third-order valence-electron chi connectivity index (χ3n) is 2.34. The lowest BCUT2D eigenvalue weighted by Gasteiger charge is -2.19. The number of benzene rings is 1. The molecule has 1 aromatic rings. The molecule has 0 fully saturated rings. The average Bonchev–Trinajstić information content (AvgIpc) is 2.17. The minimum absolute atomic E-state index is 0.176. The Morgan fingerprint density at radius 2 is 1.93 bits per heavy atom. The van der Waals surface area contributed by atoms with E-state index in [4.69, 9.17) is 5.73 Å². The van der Waals surface area contributed by atoms with E-state index >= 15 is 0 Å². The SMILES string of the molecule is CC=CC(C)(N)CCc1ccccc1. The Balaban J connectivity index is 2.49. The molecule has 1 nitrogen and oxygen atoms in total. The molecule has 0 heterocycles. The Bertz CT molecular complexity index is 285. The van der Waals surface area contributed by atoms with Crippen LogP contribution in [0, 0.1) is 0 Å². The third kappa shape index (κ3) is 3.75. The topological polar surface area (TPSA) is 26.0 Å². The van der Waals surface area contributed by atoms with Crippen LogP contribution in [0.4, 0.5) is 0 Å². The van der Waals surface area contributed by atoms with Gasteiger partial charge in [0.2, 0.25) is 0 Å². The standard InChI is InChI=1S/C13H19N/c1-3-10-13(2,14)11-9-12-7-5-4-6-8-12/h3-8,10H,9,11,14H2,1-2H3. The molecule has 0 spiro atoms. The molecular formula is C13H19N. The van der Waals surface area contributed by atoms with E-state index < -0.39 is 0 Å². The molecule has 0 aliphatic heterocycles.